The van der Waals surface area contributed by atoms with Gasteiger partial charge in [0.1, 0.15) is 0 Å². The standard InChI is InChI=1S/C9H15NO5S/c1-2-15-9(14)3-4-10-7(11)5-16-6-8(12)13/h2-6H2,1H3,(H,10,11)(H,12,13). The molecule has 0 fully saturated rings. The predicted molar refractivity (Wildman–Crippen MR) is 59.2 cm³/mol. The van der Waals surface area contributed by atoms with Crippen LogP contribution in [-0.4, -0.2) is 47.6 Å². The fourth-order valence-corrected chi connectivity index (χ4v) is 1.38. The van der Waals surface area contributed by atoms with E-state index in [-0.39, 0.29) is 36.3 Å². The number of aliphatic carboxylic acids is 1. The van der Waals surface area contributed by atoms with E-state index in [9.17, 15) is 14.4 Å². The molecule has 0 saturated carbocycles. The topological polar surface area (TPSA) is 92.7 Å². The van der Waals surface area contributed by atoms with Gasteiger partial charge in [0, 0.05) is 6.54 Å². The Bertz CT molecular complexity index is 256. The molecule has 16 heavy (non-hydrogen) atoms. The molecule has 0 aliphatic rings. The van der Waals surface area contributed by atoms with Crippen molar-refractivity contribution in [1.82, 2.24) is 5.32 Å². The molecule has 0 aliphatic heterocycles. The molecule has 0 saturated heterocycles. The summed E-state index contributed by atoms with van der Waals surface area (Å²) in [7, 11) is 0. The number of hydrogen-bond acceptors (Lipinski definition) is 5. The summed E-state index contributed by atoms with van der Waals surface area (Å²) in [4.78, 5) is 32.1. The number of rotatable bonds is 8. The molecular formula is C9H15NO5S. The van der Waals surface area contributed by atoms with Crippen LogP contribution in [0.15, 0.2) is 0 Å². The van der Waals surface area contributed by atoms with Gasteiger partial charge in [-0.1, -0.05) is 0 Å². The SMILES string of the molecule is CCOC(=O)CCNC(=O)CSCC(=O)O. The van der Waals surface area contributed by atoms with E-state index in [4.69, 9.17) is 5.11 Å². The quantitative estimate of drug-likeness (QED) is 0.582. The first-order valence-corrected chi connectivity index (χ1v) is 5.93. The minimum Gasteiger partial charge on any atom is -0.481 e. The largest absolute Gasteiger partial charge is 0.481 e. The third-order valence-corrected chi connectivity index (χ3v) is 2.33. The maximum atomic E-state index is 11.1. The first kappa shape index (κ1) is 14.8. The van der Waals surface area contributed by atoms with Gasteiger partial charge in [-0.25, -0.2) is 0 Å². The molecule has 0 aromatic rings. The molecule has 2 N–H and O–H groups in total. The van der Waals surface area contributed by atoms with E-state index in [0.717, 1.165) is 11.8 Å². The van der Waals surface area contributed by atoms with Gasteiger partial charge in [0.15, 0.2) is 0 Å². The molecule has 0 bridgehead atoms. The van der Waals surface area contributed by atoms with Crippen LogP contribution in [0.25, 0.3) is 0 Å². The normalized spacial score (nSPS) is 9.56. The fourth-order valence-electron chi connectivity index (χ4n) is 0.819. The number of ether oxygens (including phenoxy) is 1. The minimum atomic E-state index is -0.954. The van der Waals surface area contributed by atoms with E-state index in [1.807, 2.05) is 0 Å². The average molecular weight is 249 g/mol. The van der Waals surface area contributed by atoms with Crippen molar-refractivity contribution in [3.05, 3.63) is 0 Å². The van der Waals surface area contributed by atoms with Crippen LogP contribution in [0.5, 0.6) is 0 Å². The van der Waals surface area contributed by atoms with Crippen LogP contribution in [0.3, 0.4) is 0 Å². The van der Waals surface area contributed by atoms with Crippen molar-refractivity contribution in [2.24, 2.45) is 0 Å². The molecule has 7 heteroatoms. The molecule has 92 valence electrons. The lowest BCUT2D eigenvalue weighted by Crippen LogP contribution is -2.28. The predicted octanol–water partition coefficient (Wildman–Crippen LogP) is -0.126. The van der Waals surface area contributed by atoms with Crippen LogP contribution in [0.1, 0.15) is 13.3 Å². The maximum absolute atomic E-state index is 11.1. The second kappa shape index (κ2) is 9.02. The molecule has 0 spiro atoms. The summed E-state index contributed by atoms with van der Waals surface area (Å²) in [6.45, 7) is 2.24. The lowest BCUT2D eigenvalue weighted by atomic mass is 10.4. The lowest BCUT2D eigenvalue weighted by Gasteiger charge is -2.04. The second-order valence-electron chi connectivity index (χ2n) is 2.79. The van der Waals surface area contributed by atoms with Gasteiger partial charge in [-0.05, 0) is 6.92 Å². The van der Waals surface area contributed by atoms with Crippen LogP contribution in [-0.2, 0) is 19.1 Å². The van der Waals surface area contributed by atoms with Gasteiger partial charge in [-0.3, -0.25) is 14.4 Å². The Labute approximate surface area is 97.7 Å². The van der Waals surface area contributed by atoms with Crippen LogP contribution in [0.2, 0.25) is 0 Å². The second-order valence-corrected chi connectivity index (χ2v) is 3.78. The number of esters is 1. The third-order valence-electron chi connectivity index (χ3n) is 1.42. The third kappa shape index (κ3) is 9.32. The molecule has 0 unspecified atom stereocenters. The van der Waals surface area contributed by atoms with Crippen LogP contribution in [0.4, 0.5) is 0 Å². The Morgan fingerprint density at radius 1 is 1.31 bits per heavy atom. The Morgan fingerprint density at radius 2 is 2.00 bits per heavy atom. The summed E-state index contributed by atoms with van der Waals surface area (Å²) in [6, 6.07) is 0. The highest BCUT2D eigenvalue weighted by atomic mass is 32.2. The summed E-state index contributed by atoms with van der Waals surface area (Å²) in [5.74, 6) is -1.62. The number of amides is 1. The smallest absolute Gasteiger partial charge is 0.313 e. The summed E-state index contributed by atoms with van der Waals surface area (Å²) < 4.78 is 4.66. The average Bonchev–Trinajstić information content (AvgIpc) is 2.17. The van der Waals surface area contributed by atoms with Crippen molar-refractivity contribution in [2.45, 2.75) is 13.3 Å². The van der Waals surface area contributed by atoms with Crippen LogP contribution in [0, 0.1) is 0 Å². The highest BCUT2D eigenvalue weighted by molar-refractivity contribution is 8.00. The van der Waals surface area contributed by atoms with Crippen molar-refractivity contribution in [1.29, 1.82) is 0 Å². The molecule has 0 atom stereocenters. The molecule has 0 aliphatic carbocycles. The Morgan fingerprint density at radius 3 is 2.56 bits per heavy atom. The Balaban J connectivity index is 3.43. The van der Waals surface area contributed by atoms with E-state index in [2.05, 4.69) is 10.1 Å². The zero-order chi connectivity index (χ0) is 12.4. The summed E-state index contributed by atoms with van der Waals surface area (Å²) in [5, 5.41) is 10.8. The van der Waals surface area contributed by atoms with Crippen molar-refractivity contribution >= 4 is 29.6 Å². The van der Waals surface area contributed by atoms with Gasteiger partial charge in [0.2, 0.25) is 5.91 Å². The van der Waals surface area contributed by atoms with Gasteiger partial charge < -0.3 is 15.2 Å². The molecule has 0 aromatic heterocycles. The van der Waals surface area contributed by atoms with Crippen LogP contribution < -0.4 is 5.32 Å². The summed E-state index contributed by atoms with van der Waals surface area (Å²) in [5.41, 5.74) is 0. The van der Waals surface area contributed by atoms with Gasteiger partial charge in [0.25, 0.3) is 0 Å². The zero-order valence-corrected chi connectivity index (χ0v) is 9.84. The van der Waals surface area contributed by atoms with Gasteiger partial charge in [0.05, 0.1) is 24.5 Å². The van der Waals surface area contributed by atoms with Gasteiger partial charge >= 0.3 is 11.9 Å². The molecule has 0 aromatic carbocycles. The lowest BCUT2D eigenvalue weighted by molar-refractivity contribution is -0.143. The number of carbonyl (C=O) groups is 3. The Kier molecular flexibility index (Phi) is 8.32. The molecular weight excluding hydrogens is 234 g/mol. The number of thioether (sulfide) groups is 1. The molecule has 1 amide bonds. The minimum absolute atomic E-state index is 0.0785. The van der Waals surface area contributed by atoms with E-state index in [1.165, 1.54) is 0 Å². The number of nitrogens with one attached hydrogen (secondary N) is 1. The van der Waals surface area contributed by atoms with E-state index in [1.54, 1.807) is 6.92 Å². The van der Waals surface area contributed by atoms with E-state index < -0.39 is 5.97 Å². The fraction of sp³-hybridized carbons (Fsp3) is 0.667. The van der Waals surface area contributed by atoms with Crippen molar-refractivity contribution in [3.63, 3.8) is 0 Å². The first-order valence-electron chi connectivity index (χ1n) is 4.78. The molecule has 0 radical (unpaired) electrons. The van der Waals surface area contributed by atoms with Crippen molar-refractivity contribution < 1.29 is 24.2 Å². The van der Waals surface area contributed by atoms with E-state index in [0.29, 0.717) is 6.61 Å². The molecule has 0 heterocycles. The molecule has 0 rings (SSSR count). The summed E-state index contributed by atoms with van der Waals surface area (Å²) >= 11 is 1.01. The highest BCUT2D eigenvalue weighted by Crippen LogP contribution is 1.97. The van der Waals surface area contributed by atoms with E-state index >= 15 is 0 Å². The number of carboxylic acids is 1. The first-order chi connectivity index (χ1) is 7.56. The van der Waals surface area contributed by atoms with Gasteiger partial charge in [-0.15, -0.1) is 11.8 Å². The summed E-state index contributed by atoms with van der Waals surface area (Å²) in [6.07, 6.45) is 0.128. The van der Waals surface area contributed by atoms with Gasteiger partial charge in [-0.2, -0.15) is 0 Å². The van der Waals surface area contributed by atoms with Crippen molar-refractivity contribution in [2.75, 3.05) is 24.7 Å². The maximum Gasteiger partial charge on any atom is 0.313 e. The number of carboxylic acid groups (broad SMARTS) is 1. The monoisotopic (exact) mass is 249 g/mol. The molecule has 6 nitrogen and oxygen atoms in total. The van der Waals surface area contributed by atoms with Crippen LogP contribution >= 0.6 is 11.8 Å². The number of carbonyl (C=O) groups excluding carboxylic acids is 2. The zero-order valence-electron chi connectivity index (χ0n) is 9.02. The Hall–Kier alpha value is -1.24. The van der Waals surface area contributed by atoms with Crippen molar-refractivity contribution in [3.8, 4) is 0 Å². The number of hydrogen-bond donors (Lipinski definition) is 2. The highest BCUT2D eigenvalue weighted by Gasteiger charge is 2.05.